The summed E-state index contributed by atoms with van der Waals surface area (Å²) in [5.74, 6) is 0. The van der Waals surface area contributed by atoms with E-state index >= 15 is 0 Å². The van der Waals surface area contributed by atoms with Crippen molar-refractivity contribution in [2.24, 2.45) is 5.73 Å². The van der Waals surface area contributed by atoms with E-state index in [1.807, 2.05) is 30.3 Å². The molecule has 3 heteroatoms. The largest absolute Gasteiger partial charge is 0.383 e. The summed E-state index contributed by atoms with van der Waals surface area (Å²) in [7, 11) is 3.30. The Balaban J connectivity index is 2.71. The maximum atomic E-state index is 5.92. The normalized spacial score (nSPS) is 15.1. The summed E-state index contributed by atoms with van der Waals surface area (Å²) in [6.45, 7) is 0.493. The van der Waals surface area contributed by atoms with Gasteiger partial charge in [-0.1, -0.05) is 30.3 Å². The van der Waals surface area contributed by atoms with Crippen molar-refractivity contribution in [3.63, 3.8) is 0 Å². The standard InChI is InChI=1S/C11H17NO2/c1-13-8-10(12)11(14-2)9-6-4-3-5-7-9/h3-7,10-11H,8,12H2,1-2H3. The van der Waals surface area contributed by atoms with E-state index in [1.54, 1.807) is 14.2 Å². The molecule has 0 fully saturated rings. The van der Waals surface area contributed by atoms with Crippen LogP contribution in [0.3, 0.4) is 0 Å². The molecule has 1 aromatic rings. The predicted molar refractivity (Wildman–Crippen MR) is 56.0 cm³/mol. The van der Waals surface area contributed by atoms with Crippen LogP contribution in [0.25, 0.3) is 0 Å². The van der Waals surface area contributed by atoms with Crippen molar-refractivity contribution in [3.8, 4) is 0 Å². The molecule has 0 aromatic heterocycles. The van der Waals surface area contributed by atoms with E-state index in [2.05, 4.69) is 0 Å². The molecule has 0 saturated heterocycles. The molecule has 0 heterocycles. The maximum Gasteiger partial charge on any atom is 0.0994 e. The fraction of sp³-hybridized carbons (Fsp3) is 0.455. The number of nitrogens with two attached hydrogens (primary N) is 1. The molecule has 2 N–H and O–H groups in total. The van der Waals surface area contributed by atoms with Gasteiger partial charge >= 0.3 is 0 Å². The van der Waals surface area contributed by atoms with Gasteiger partial charge in [0.2, 0.25) is 0 Å². The Bertz CT molecular complexity index is 251. The molecule has 0 spiro atoms. The fourth-order valence-electron chi connectivity index (χ4n) is 1.48. The lowest BCUT2D eigenvalue weighted by Crippen LogP contribution is -2.33. The summed E-state index contributed by atoms with van der Waals surface area (Å²) in [6.07, 6.45) is -0.101. The van der Waals surface area contributed by atoms with Crippen molar-refractivity contribution < 1.29 is 9.47 Å². The predicted octanol–water partition coefficient (Wildman–Crippen LogP) is 1.35. The Morgan fingerprint density at radius 2 is 1.86 bits per heavy atom. The maximum absolute atomic E-state index is 5.92. The quantitative estimate of drug-likeness (QED) is 0.771. The van der Waals surface area contributed by atoms with E-state index in [4.69, 9.17) is 15.2 Å². The average Bonchev–Trinajstić information content (AvgIpc) is 2.21. The fourth-order valence-corrected chi connectivity index (χ4v) is 1.48. The van der Waals surface area contributed by atoms with Crippen LogP contribution in [0.2, 0.25) is 0 Å². The van der Waals surface area contributed by atoms with Gasteiger partial charge < -0.3 is 15.2 Å². The number of rotatable bonds is 5. The second-order valence-corrected chi connectivity index (χ2v) is 3.19. The monoisotopic (exact) mass is 195 g/mol. The van der Waals surface area contributed by atoms with Crippen LogP contribution in [-0.4, -0.2) is 26.9 Å². The van der Waals surface area contributed by atoms with Crippen LogP contribution < -0.4 is 5.73 Å². The summed E-state index contributed by atoms with van der Waals surface area (Å²) in [5.41, 5.74) is 7.00. The van der Waals surface area contributed by atoms with Crippen LogP contribution >= 0.6 is 0 Å². The second kappa shape index (κ2) is 5.75. The number of hydrogen-bond donors (Lipinski definition) is 1. The Hall–Kier alpha value is -0.900. The average molecular weight is 195 g/mol. The molecule has 3 nitrogen and oxygen atoms in total. The first-order chi connectivity index (χ1) is 6.79. The minimum Gasteiger partial charge on any atom is -0.383 e. The van der Waals surface area contributed by atoms with Crippen molar-refractivity contribution in [2.75, 3.05) is 20.8 Å². The Kier molecular flexibility index (Phi) is 4.59. The number of ether oxygens (including phenoxy) is 2. The van der Waals surface area contributed by atoms with Crippen LogP contribution in [-0.2, 0) is 9.47 Å². The lowest BCUT2D eigenvalue weighted by atomic mass is 10.0. The van der Waals surface area contributed by atoms with Crippen molar-refractivity contribution in [2.45, 2.75) is 12.1 Å². The van der Waals surface area contributed by atoms with Gasteiger partial charge in [-0.15, -0.1) is 0 Å². The molecule has 1 aromatic carbocycles. The molecule has 2 unspecified atom stereocenters. The van der Waals surface area contributed by atoms with Gasteiger partial charge in [-0.2, -0.15) is 0 Å². The van der Waals surface area contributed by atoms with Crippen molar-refractivity contribution in [1.82, 2.24) is 0 Å². The third-order valence-corrected chi connectivity index (χ3v) is 2.13. The van der Waals surface area contributed by atoms with Gasteiger partial charge in [0.15, 0.2) is 0 Å². The summed E-state index contributed by atoms with van der Waals surface area (Å²) >= 11 is 0. The molecule has 0 bridgehead atoms. The van der Waals surface area contributed by atoms with E-state index < -0.39 is 0 Å². The lowest BCUT2D eigenvalue weighted by Gasteiger charge is -2.22. The number of hydrogen-bond acceptors (Lipinski definition) is 3. The Labute approximate surface area is 84.8 Å². The molecule has 0 aliphatic carbocycles. The van der Waals surface area contributed by atoms with Gasteiger partial charge in [0.05, 0.1) is 18.8 Å². The highest BCUT2D eigenvalue weighted by Crippen LogP contribution is 2.18. The van der Waals surface area contributed by atoms with Gasteiger partial charge in [0.1, 0.15) is 0 Å². The third-order valence-electron chi connectivity index (χ3n) is 2.13. The molecule has 0 amide bonds. The van der Waals surface area contributed by atoms with E-state index in [-0.39, 0.29) is 12.1 Å². The van der Waals surface area contributed by atoms with Crippen LogP contribution in [0.5, 0.6) is 0 Å². The molecule has 0 saturated carbocycles. The minimum absolute atomic E-state index is 0.101. The highest BCUT2D eigenvalue weighted by atomic mass is 16.5. The van der Waals surface area contributed by atoms with E-state index in [9.17, 15) is 0 Å². The lowest BCUT2D eigenvalue weighted by molar-refractivity contribution is 0.0474. The van der Waals surface area contributed by atoms with Gasteiger partial charge in [0, 0.05) is 14.2 Å². The number of methoxy groups -OCH3 is 2. The zero-order valence-electron chi connectivity index (χ0n) is 8.64. The summed E-state index contributed by atoms with van der Waals surface area (Å²) in [6, 6.07) is 9.79. The molecule has 0 aliphatic rings. The van der Waals surface area contributed by atoms with Gasteiger partial charge in [-0.25, -0.2) is 0 Å². The van der Waals surface area contributed by atoms with E-state index in [0.717, 1.165) is 5.56 Å². The van der Waals surface area contributed by atoms with Crippen LogP contribution in [0.15, 0.2) is 30.3 Å². The zero-order valence-corrected chi connectivity index (χ0v) is 8.64. The molecular weight excluding hydrogens is 178 g/mol. The Morgan fingerprint density at radius 1 is 1.21 bits per heavy atom. The zero-order chi connectivity index (χ0) is 10.4. The van der Waals surface area contributed by atoms with Crippen LogP contribution in [0.4, 0.5) is 0 Å². The first kappa shape index (κ1) is 11.2. The highest BCUT2D eigenvalue weighted by Gasteiger charge is 2.18. The van der Waals surface area contributed by atoms with Crippen LogP contribution in [0, 0.1) is 0 Å². The first-order valence-corrected chi connectivity index (χ1v) is 4.62. The van der Waals surface area contributed by atoms with Crippen molar-refractivity contribution in [1.29, 1.82) is 0 Å². The second-order valence-electron chi connectivity index (χ2n) is 3.19. The van der Waals surface area contributed by atoms with Crippen molar-refractivity contribution >= 4 is 0 Å². The van der Waals surface area contributed by atoms with Crippen LogP contribution in [0.1, 0.15) is 11.7 Å². The van der Waals surface area contributed by atoms with Gasteiger partial charge in [-0.05, 0) is 5.56 Å². The van der Waals surface area contributed by atoms with Crippen molar-refractivity contribution in [3.05, 3.63) is 35.9 Å². The van der Waals surface area contributed by atoms with E-state index in [0.29, 0.717) is 6.61 Å². The molecule has 14 heavy (non-hydrogen) atoms. The van der Waals surface area contributed by atoms with Gasteiger partial charge in [0.25, 0.3) is 0 Å². The van der Waals surface area contributed by atoms with E-state index in [1.165, 1.54) is 0 Å². The summed E-state index contributed by atoms with van der Waals surface area (Å²) < 4.78 is 10.3. The number of benzene rings is 1. The molecular formula is C11H17NO2. The minimum atomic E-state index is -0.132. The summed E-state index contributed by atoms with van der Waals surface area (Å²) in [4.78, 5) is 0. The van der Waals surface area contributed by atoms with Gasteiger partial charge in [-0.3, -0.25) is 0 Å². The molecule has 2 atom stereocenters. The SMILES string of the molecule is COCC(N)C(OC)c1ccccc1. The molecule has 78 valence electrons. The molecule has 0 radical (unpaired) electrons. The third kappa shape index (κ3) is 2.80. The molecule has 1 rings (SSSR count). The summed E-state index contributed by atoms with van der Waals surface area (Å²) in [5, 5.41) is 0. The highest BCUT2D eigenvalue weighted by molar-refractivity contribution is 5.19. The smallest absolute Gasteiger partial charge is 0.0994 e. The topological polar surface area (TPSA) is 44.5 Å². The molecule has 0 aliphatic heterocycles. The Morgan fingerprint density at radius 3 is 2.36 bits per heavy atom. The first-order valence-electron chi connectivity index (χ1n) is 4.62.